The molecule has 0 radical (unpaired) electrons. The minimum atomic E-state index is -0.465. The summed E-state index contributed by atoms with van der Waals surface area (Å²) in [6.45, 7) is 12.9. The fraction of sp³-hybridized carbons (Fsp3) is 1.00. The van der Waals surface area contributed by atoms with Gasteiger partial charge in [0.25, 0.3) is 0 Å². The van der Waals surface area contributed by atoms with Crippen molar-refractivity contribution in [2.75, 3.05) is 33.0 Å². The van der Waals surface area contributed by atoms with Gasteiger partial charge in [0.15, 0.2) is 5.79 Å². The van der Waals surface area contributed by atoms with Gasteiger partial charge >= 0.3 is 0 Å². The van der Waals surface area contributed by atoms with Crippen molar-refractivity contribution in [2.24, 2.45) is 5.92 Å². The molecule has 0 N–H and O–H groups in total. The SMILES string of the molecule is CCCCCCCC[C@H](CCCOCC1CO1)C(C)(OCCCC)OCCCC. The molecule has 1 aliphatic rings. The molecule has 0 aromatic carbocycles. The van der Waals surface area contributed by atoms with Gasteiger partial charge in [0.2, 0.25) is 0 Å². The van der Waals surface area contributed by atoms with Crippen LogP contribution in [0.4, 0.5) is 0 Å². The molecule has 0 amide bonds. The van der Waals surface area contributed by atoms with E-state index in [0.29, 0.717) is 12.0 Å². The van der Waals surface area contributed by atoms with Crippen LogP contribution in [0.5, 0.6) is 0 Å². The second-order valence-electron chi connectivity index (χ2n) is 8.85. The zero-order valence-electron chi connectivity index (χ0n) is 20.0. The topological polar surface area (TPSA) is 40.2 Å². The molecule has 1 rings (SSSR count). The van der Waals surface area contributed by atoms with E-state index in [1.165, 1.54) is 44.9 Å². The zero-order chi connectivity index (χ0) is 21.2. The third-order valence-corrected chi connectivity index (χ3v) is 5.97. The van der Waals surface area contributed by atoms with Crippen molar-refractivity contribution in [3.8, 4) is 0 Å². The molecule has 0 aliphatic carbocycles. The maximum atomic E-state index is 6.40. The third-order valence-electron chi connectivity index (χ3n) is 5.97. The highest BCUT2D eigenvalue weighted by Crippen LogP contribution is 2.33. The molecule has 0 aromatic rings. The van der Waals surface area contributed by atoms with Crippen molar-refractivity contribution in [1.29, 1.82) is 0 Å². The Bertz CT molecular complexity index is 347. The predicted molar refractivity (Wildman–Crippen MR) is 121 cm³/mol. The molecule has 0 saturated carbocycles. The normalized spacial score (nSPS) is 17.6. The molecule has 0 bridgehead atoms. The number of hydrogen-bond donors (Lipinski definition) is 0. The monoisotopic (exact) mass is 414 g/mol. The lowest BCUT2D eigenvalue weighted by molar-refractivity contribution is -0.259. The molecule has 1 aliphatic heterocycles. The van der Waals surface area contributed by atoms with Crippen molar-refractivity contribution < 1.29 is 18.9 Å². The van der Waals surface area contributed by atoms with E-state index < -0.39 is 5.79 Å². The van der Waals surface area contributed by atoms with Crippen LogP contribution in [0.25, 0.3) is 0 Å². The van der Waals surface area contributed by atoms with Gasteiger partial charge in [-0.05, 0) is 39.0 Å². The molecule has 0 aromatic heterocycles. The molecule has 1 heterocycles. The van der Waals surface area contributed by atoms with Gasteiger partial charge in [0.05, 0.1) is 26.4 Å². The van der Waals surface area contributed by atoms with Gasteiger partial charge in [0, 0.05) is 12.5 Å². The van der Waals surface area contributed by atoms with Gasteiger partial charge in [-0.15, -0.1) is 0 Å². The first-order valence-electron chi connectivity index (χ1n) is 12.6. The van der Waals surface area contributed by atoms with Crippen LogP contribution in [0.3, 0.4) is 0 Å². The number of rotatable bonds is 22. The minimum Gasteiger partial charge on any atom is -0.379 e. The van der Waals surface area contributed by atoms with Crippen molar-refractivity contribution in [3.05, 3.63) is 0 Å². The Morgan fingerprint density at radius 1 is 0.759 bits per heavy atom. The lowest BCUT2D eigenvalue weighted by atomic mass is 9.88. The summed E-state index contributed by atoms with van der Waals surface area (Å²) in [4.78, 5) is 0. The van der Waals surface area contributed by atoms with Crippen LogP contribution in [0.1, 0.15) is 111 Å². The molecule has 29 heavy (non-hydrogen) atoms. The average molecular weight is 415 g/mol. The minimum absolute atomic E-state index is 0.355. The lowest BCUT2D eigenvalue weighted by Gasteiger charge is -2.38. The van der Waals surface area contributed by atoms with E-state index in [1.54, 1.807) is 0 Å². The molecule has 1 saturated heterocycles. The summed E-state index contributed by atoms with van der Waals surface area (Å²) in [6, 6.07) is 0. The summed E-state index contributed by atoms with van der Waals surface area (Å²) in [5.41, 5.74) is 0. The smallest absolute Gasteiger partial charge is 0.168 e. The van der Waals surface area contributed by atoms with Crippen LogP contribution in [-0.2, 0) is 18.9 Å². The number of ether oxygens (including phenoxy) is 4. The van der Waals surface area contributed by atoms with E-state index >= 15 is 0 Å². The quantitative estimate of drug-likeness (QED) is 0.110. The Kier molecular flexibility index (Phi) is 16.2. The van der Waals surface area contributed by atoms with Gasteiger partial charge in [0.1, 0.15) is 6.10 Å². The summed E-state index contributed by atoms with van der Waals surface area (Å²) in [6.07, 6.45) is 16.2. The maximum absolute atomic E-state index is 6.40. The highest BCUT2D eigenvalue weighted by atomic mass is 16.7. The Morgan fingerprint density at radius 2 is 1.31 bits per heavy atom. The first-order valence-corrected chi connectivity index (χ1v) is 12.6. The van der Waals surface area contributed by atoms with Gasteiger partial charge in [-0.3, -0.25) is 0 Å². The van der Waals surface area contributed by atoms with Crippen LogP contribution >= 0.6 is 0 Å². The zero-order valence-corrected chi connectivity index (χ0v) is 20.0. The van der Waals surface area contributed by atoms with E-state index in [4.69, 9.17) is 18.9 Å². The Hall–Kier alpha value is -0.160. The fourth-order valence-electron chi connectivity index (χ4n) is 3.77. The van der Waals surface area contributed by atoms with Crippen molar-refractivity contribution in [2.45, 2.75) is 123 Å². The van der Waals surface area contributed by atoms with Gasteiger partial charge < -0.3 is 18.9 Å². The summed E-state index contributed by atoms with van der Waals surface area (Å²) < 4.78 is 23.8. The molecule has 1 fully saturated rings. The van der Waals surface area contributed by atoms with Crippen LogP contribution in [0.15, 0.2) is 0 Å². The number of epoxide rings is 1. The third kappa shape index (κ3) is 13.7. The Balaban J connectivity index is 2.52. The second kappa shape index (κ2) is 17.5. The molecule has 4 heteroatoms. The van der Waals surface area contributed by atoms with Gasteiger partial charge in [-0.25, -0.2) is 0 Å². The van der Waals surface area contributed by atoms with E-state index in [9.17, 15) is 0 Å². The highest BCUT2D eigenvalue weighted by molar-refractivity contribution is 4.77. The molecular weight excluding hydrogens is 364 g/mol. The number of hydrogen-bond acceptors (Lipinski definition) is 4. The van der Waals surface area contributed by atoms with E-state index in [-0.39, 0.29) is 0 Å². The maximum Gasteiger partial charge on any atom is 0.168 e. The van der Waals surface area contributed by atoms with Gasteiger partial charge in [-0.1, -0.05) is 72.1 Å². The molecule has 1 unspecified atom stereocenters. The summed E-state index contributed by atoms with van der Waals surface area (Å²) in [5, 5.41) is 0. The summed E-state index contributed by atoms with van der Waals surface area (Å²) in [7, 11) is 0. The first kappa shape index (κ1) is 26.9. The fourth-order valence-corrected chi connectivity index (χ4v) is 3.77. The standard InChI is InChI=1S/C25H50O4/c1-5-8-11-12-13-14-16-23(17-15-18-26-21-24-22-27-24)25(4,28-19-9-6-2)29-20-10-7-3/h23-24H,5-22H2,1-4H3/t23-,24?/m1/s1. The Morgan fingerprint density at radius 3 is 1.90 bits per heavy atom. The van der Waals surface area contributed by atoms with Crippen LogP contribution < -0.4 is 0 Å². The molecular formula is C25H50O4. The van der Waals surface area contributed by atoms with Crippen LogP contribution in [0.2, 0.25) is 0 Å². The largest absolute Gasteiger partial charge is 0.379 e. The van der Waals surface area contributed by atoms with E-state index in [1.807, 2.05) is 0 Å². The lowest BCUT2D eigenvalue weighted by Crippen LogP contribution is -2.41. The highest BCUT2D eigenvalue weighted by Gasteiger charge is 2.35. The van der Waals surface area contributed by atoms with Crippen molar-refractivity contribution in [1.82, 2.24) is 0 Å². The van der Waals surface area contributed by atoms with Crippen molar-refractivity contribution in [3.63, 3.8) is 0 Å². The first-order chi connectivity index (χ1) is 14.2. The summed E-state index contributed by atoms with van der Waals surface area (Å²) >= 11 is 0. The number of unbranched alkanes of at least 4 members (excludes halogenated alkanes) is 7. The van der Waals surface area contributed by atoms with E-state index in [2.05, 4.69) is 27.7 Å². The molecule has 2 atom stereocenters. The predicted octanol–water partition coefficient (Wildman–Crippen LogP) is 6.90. The summed E-state index contributed by atoms with van der Waals surface area (Å²) in [5.74, 6) is -0.0314. The average Bonchev–Trinajstić information content (AvgIpc) is 3.53. The van der Waals surface area contributed by atoms with E-state index in [0.717, 1.165) is 71.6 Å². The van der Waals surface area contributed by atoms with Crippen LogP contribution in [-0.4, -0.2) is 44.9 Å². The van der Waals surface area contributed by atoms with Crippen molar-refractivity contribution >= 4 is 0 Å². The van der Waals surface area contributed by atoms with Crippen LogP contribution in [0, 0.1) is 5.92 Å². The Labute approximate surface area is 181 Å². The molecule has 174 valence electrons. The second-order valence-corrected chi connectivity index (χ2v) is 8.85. The van der Waals surface area contributed by atoms with Gasteiger partial charge in [-0.2, -0.15) is 0 Å². The molecule has 0 spiro atoms. The molecule has 4 nitrogen and oxygen atoms in total.